The van der Waals surface area contributed by atoms with Gasteiger partial charge in [-0.3, -0.25) is 0 Å². The van der Waals surface area contributed by atoms with E-state index in [-0.39, 0.29) is 6.79 Å². The molecule has 0 spiro atoms. The molecule has 28 heavy (non-hydrogen) atoms. The van der Waals surface area contributed by atoms with Crippen molar-refractivity contribution in [1.29, 1.82) is 0 Å². The van der Waals surface area contributed by atoms with E-state index < -0.39 is 0 Å². The number of nitrogens with one attached hydrogen (secondary N) is 1. The molecule has 0 bridgehead atoms. The summed E-state index contributed by atoms with van der Waals surface area (Å²) in [5.74, 6) is 2.22. The van der Waals surface area contributed by atoms with E-state index in [4.69, 9.17) is 49.0 Å². The van der Waals surface area contributed by atoms with Crippen molar-refractivity contribution in [3.63, 3.8) is 0 Å². The Balaban J connectivity index is 1.46. The van der Waals surface area contributed by atoms with Gasteiger partial charge in [-0.2, -0.15) is 0 Å². The lowest BCUT2D eigenvalue weighted by Crippen LogP contribution is -2.04. The number of halogens is 3. The van der Waals surface area contributed by atoms with Crippen LogP contribution in [0, 0.1) is 0 Å². The summed E-state index contributed by atoms with van der Waals surface area (Å²) in [5, 5.41) is 5.03. The van der Waals surface area contributed by atoms with Crippen molar-refractivity contribution in [2.45, 2.75) is 13.2 Å². The van der Waals surface area contributed by atoms with Crippen molar-refractivity contribution in [3.8, 4) is 17.2 Å². The second kappa shape index (κ2) is 8.39. The molecule has 0 unspecified atom stereocenters. The smallest absolute Gasteiger partial charge is 0.231 e. The molecule has 0 amide bonds. The number of hydrogen-bond donors (Lipinski definition) is 1. The van der Waals surface area contributed by atoms with Crippen molar-refractivity contribution in [2.75, 3.05) is 12.1 Å². The minimum Gasteiger partial charge on any atom is -0.489 e. The van der Waals surface area contributed by atoms with E-state index in [9.17, 15) is 0 Å². The molecule has 7 heteroatoms. The van der Waals surface area contributed by atoms with Gasteiger partial charge in [0.2, 0.25) is 6.79 Å². The number of fused-ring (bicyclic) bond motifs is 1. The molecule has 0 saturated carbocycles. The zero-order valence-corrected chi connectivity index (χ0v) is 16.9. The molecule has 0 aromatic heterocycles. The van der Waals surface area contributed by atoms with Gasteiger partial charge in [0.1, 0.15) is 12.4 Å². The molecule has 1 aliphatic rings. The van der Waals surface area contributed by atoms with Gasteiger partial charge in [0.15, 0.2) is 11.5 Å². The highest BCUT2D eigenvalue weighted by atomic mass is 35.5. The second-order valence-electron chi connectivity index (χ2n) is 6.21. The average molecular weight is 437 g/mol. The molecule has 1 aliphatic heterocycles. The fraction of sp³-hybridized carbons (Fsp3) is 0.143. The van der Waals surface area contributed by atoms with E-state index in [1.807, 2.05) is 36.4 Å². The third-order valence-corrected chi connectivity index (χ3v) is 5.23. The molecular formula is C21H16Cl3NO3. The molecular weight excluding hydrogens is 421 g/mol. The van der Waals surface area contributed by atoms with E-state index in [0.717, 1.165) is 34.1 Å². The molecule has 0 fully saturated rings. The molecule has 4 rings (SSSR count). The largest absolute Gasteiger partial charge is 0.489 e. The Morgan fingerprint density at radius 1 is 0.857 bits per heavy atom. The van der Waals surface area contributed by atoms with Crippen LogP contribution < -0.4 is 19.5 Å². The maximum atomic E-state index is 6.18. The molecule has 0 radical (unpaired) electrons. The van der Waals surface area contributed by atoms with Crippen LogP contribution in [0.25, 0.3) is 0 Å². The summed E-state index contributed by atoms with van der Waals surface area (Å²) < 4.78 is 16.7. The van der Waals surface area contributed by atoms with Gasteiger partial charge in [-0.15, -0.1) is 0 Å². The highest BCUT2D eigenvalue weighted by Crippen LogP contribution is 2.34. The molecule has 0 atom stereocenters. The van der Waals surface area contributed by atoms with Gasteiger partial charge in [0.05, 0.1) is 10.0 Å². The first-order chi connectivity index (χ1) is 13.6. The van der Waals surface area contributed by atoms with E-state index in [1.54, 1.807) is 18.2 Å². The standard InChI is InChI=1S/C21H16Cl3NO3/c22-15-2-5-19(26-11-13-1-4-17(23)18(24)7-13)14(8-15)10-25-16-3-6-20-21(9-16)28-12-27-20/h1-9,25H,10-12H2. The van der Waals surface area contributed by atoms with Crippen molar-refractivity contribution in [1.82, 2.24) is 0 Å². The lowest BCUT2D eigenvalue weighted by Gasteiger charge is -2.14. The molecule has 3 aromatic rings. The van der Waals surface area contributed by atoms with Crippen molar-refractivity contribution in [3.05, 3.63) is 80.8 Å². The van der Waals surface area contributed by atoms with Crippen LogP contribution >= 0.6 is 34.8 Å². The molecule has 0 aliphatic carbocycles. The zero-order chi connectivity index (χ0) is 19.5. The molecule has 0 saturated heterocycles. The molecule has 1 heterocycles. The monoisotopic (exact) mass is 435 g/mol. The van der Waals surface area contributed by atoms with Gasteiger partial charge < -0.3 is 19.5 Å². The number of anilines is 1. The first kappa shape index (κ1) is 19.1. The Morgan fingerprint density at radius 2 is 1.71 bits per heavy atom. The summed E-state index contributed by atoms with van der Waals surface area (Å²) in [7, 11) is 0. The van der Waals surface area contributed by atoms with Crippen LogP contribution in [0.4, 0.5) is 5.69 Å². The van der Waals surface area contributed by atoms with Crippen LogP contribution in [0.3, 0.4) is 0 Å². The Bertz CT molecular complexity index is 1010. The zero-order valence-electron chi connectivity index (χ0n) is 14.7. The predicted octanol–water partition coefficient (Wildman–Crippen LogP) is 6.57. The summed E-state index contributed by atoms with van der Waals surface area (Å²) in [6, 6.07) is 16.7. The fourth-order valence-electron chi connectivity index (χ4n) is 2.82. The first-order valence-corrected chi connectivity index (χ1v) is 9.70. The predicted molar refractivity (Wildman–Crippen MR) is 112 cm³/mol. The maximum absolute atomic E-state index is 6.18. The van der Waals surface area contributed by atoms with Crippen LogP contribution in [0.5, 0.6) is 17.2 Å². The van der Waals surface area contributed by atoms with Crippen LogP contribution in [-0.4, -0.2) is 6.79 Å². The van der Waals surface area contributed by atoms with E-state index in [0.29, 0.717) is 28.2 Å². The fourth-order valence-corrected chi connectivity index (χ4v) is 3.34. The number of benzene rings is 3. The number of hydrogen-bond acceptors (Lipinski definition) is 4. The summed E-state index contributed by atoms with van der Waals surface area (Å²) in [6.07, 6.45) is 0. The Kier molecular flexibility index (Phi) is 5.72. The SMILES string of the molecule is Clc1ccc(OCc2ccc(Cl)c(Cl)c2)c(CNc2ccc3c(c2)OCO3)c1. The van der Waals surface area contributed by atoms with Crippen LogP contribution in [-0.2, 0) is 13.2 Å². The molecule has 4 nitrogen and oxygen atoms in total. The van der Waals surface area contributed by atoms with Crippen molar-refractivity contribution >= 4 is 40.5 Å². The van der Waals surface area contributed by atoms with Crippen molar-refractivity contribution < 1.29 is 14.2 Å². The molecule has 1 N–H and O–H groups in total. The van der Waals surface area contributed by atoms with E-state index >= 15 is 0 Å². The molecule has 3 aromatic carbocycles. The normalized spacial score (nSPS) is 12.1. The first-order valence-electron chi connectivity index (χ1n) is 8.57. The Hall–Kier alpha value is -2.27. The second-order valence-corrected chi connectivity index (χ2v) is 7.46. The minimum absolute atomic E-state index is 0.250. The van der Waals surface area contributed by atoms with Gasteiger partial charge in [0, 0.05) is 28.9 Å². The van der Waals surface area contributed by atoms with Crippen molar-refractivity contribution in [2.24, 2.45) is 0 Å². The maximum Gasteiger partial charge on any atom is 0.231 e. The lowest BCUT2D eigenvalue weighted by atomic mass is 10.2. The summed E-state index contributed by atoms with van der Waals surface area (Å²) in [5.41, 5.74) is 2.78. The van der Waals surface area contributed by atoms with Crippen LogP contribution in [0.1, 0.15) is 11.1 Å². The van der Waals surface area contributed by atoms with E-state index in [2.05, 4.69) is 5.32 Å². The highest BCUT2D eigenvalue weighted by molar-refractivity contribution is 6.42. The molecule has 144 valence electrons. The summed E-state index contributed by atoms with van der Waals surface area (Å²) in [6.45, 7) is 1.16. The quantitative estimate of drug-likeness (QED) is 0.474. The van der Waals surface area contributed by atoms with Gasteiger partial charge in [-0.05, 0) is 48.0 Å². The topological polar surface area (TPSA) is 39.7 Å². The van der Waals surface area contributed by atoms with Gasteiger partial charge in [0.25, 0.3) is 0 Å². The summed E-state index contributed by atoms with van der Waals surface area (Å²) in [4.78, 5) is 0. The van der Waals surface area contributed by atoms with Gasteiger partial charge >= 0.3 is 0 Å². The van der Waals surface area contributed by atoms with Crippen LogP contribution in [0.15, 0.2) is 54.6 Å². The number of ether oxygens (including phenoxy) is 3. The van der Waals surface area contributed by atoms with Gasteiger partial charge in [-0.1, -0.05) is 40.9 Å². The third-order valence-electron chi connectivity index (χ3n) is 4.26. The summed E-state index contributed by atoms with van der Waals surface area (Å²) >= 11 is 18.2. The van der Waals surface area contributed by atoms with Gasteiger partial charge in [-0.25, -0.2) is 0 Å². The highest BCUT2D eigenvalue weighted by Gasteiger charge is 2.13. The van der Waals surface area contributed by atoms with E-state index in [1.165, 1.54) is 0 Å². The minimum atomic E-state index is 0.250. The van der Waals surface area contributed by atoms with Crippen LogP contribution in [0.2, 0.25) is 15.1 Å². The third kappa shape index (κ3) is 4.41. The number of rotatable bonds is 6. The Morgan fingerprint density at radius 3 is 2.57 bits per heavy atom. The average Bonchev–Trinajstić information content (AvgIpc) is 3.16. The lowest BCUT2D eigenvalue weighted by molar-refractivity contribution is 0.174. The Labute approximate surface area is 177 Å².